The van der Waals surface area contributed by atoms with Gasteiger partial charge in [-0.25, -0.2) is 0 Å². The topological polar surface area (TPSA) is 73.7 Å². The maximum atomic E-state index is 13.1. The molecule has 1 aromatic heterocycles. The number of carbonyl (C=O) groups excluding carboxylic acids is 2. The number of rotatable bonds is 3. The molecule has 3 heterocycles. The largest absolute Gasteiger partial charge is 0.394 e. The lowest BCUT2D eigenvalue weighted by Crippen LogP contribution is -2.85. The molecular formula is C20H21N3O3. The molecule has 26 heavy (non-hydrogen) atoms. The van der Waals surface area contributed by atoms with Crippen LogP contribution >= 0.6 is 0 Å². The van der Waals surface area contributed by atoms with Crippen molar-refractivity contribution in [2.75, 3.05) is 19.7 Å². The van der Waals surface area contributed by atoms with Gasteiger partial charge in [0.2, 0.25) is 5.91 Å². The van der Waals surface area contributed by atoms with Gasteiger partial charge < -0.3 is 14.9 Å². The summed E-state index contributed by atoms with van der Waals surface area (Å²) < 4.78 is 0. The van der Waals surface area contributed by atoms with Gasteiger partial charge in [-0.3, -0.25) is 14.6 Å². The van der Waals surface area contributed by atoms with Crippen LogP contribution in [0.4, 0.5) is 0 Å². The van der Waals surface area contributed by atoms with Gasteiger partial charge in [0.1, 0.15) is 0 Å². The van der Waals surface area contributed by atoms with Gasteiger partial charge in [-0.1, -0.05) is 30.3 Å². The molecule has 2 aliphatic heterocycles. The summed E-state index contributed by atoms with van der Waals surface area (Å²) in [6.07, 6.45) is 3.18. The molecule has 2 amide bonds. The fraction of sp³-hybridized carbons (Fsp3) is 0.350. The van der Waals surface area contributed by atoms with E-state index in [2.05, 4.69) is 4.98 Å². The minimum absolute atomic E-state index is 0.00574. The first-order valence-corrected chi connectivity index (χ1v) is 8.73. The third-order valence-corrected chi connectivity index (χ3v) is 5.64. The Morgan fingerprint density at radius 1 is 1.15 bits per heavy atom. The van der Waals surface area contributed by atoms with Gasteiger partial charge in [0.15, 0.2) is 0 Å². The summed E-state index contributed by atoms with van der Waals surface area (Å²) in [7, 11) is 0. The molecule has 6 heteroatoms. The molecule has 1 N–H and O–H groups in total. The minimum atomic E-state index is -0.458. The molecule has 1 aromatic carbocycles. The molecule has 0 radical (unpaired) electrons. The van der Waals surface area contributed by atoms with E-state index in [1.807, 2.05) is 30.3 Å². The van der Waals surface area contributed by atoms with Crippen molar-refractivity contribution in [1.82, 2.24) is 14.8 Å². The predicted octanol–water partition coefficient (Wildman–Crippen LogP) is 1.28. The molecule has 134 valence electrons. The summed E-state index contributed by atoms with van der Waals surface area (Å²) in [4.78, 5) is 32.4. The number of hydrogen-bond donors (Lipinski definition) is 1. The van der Waals surface area contributed by atoms with Crippen molar-refractivity contribution in [2.24, 2.45) is 0 Å². The molecule has 1 spiro atoms. The molecule has 0 unspecified atom stereocenters. The Balaban J connectivity index is 1.71. The van der Waals surface area contributed by atoms with E-state index in [-0.39, 0.29) is 30.4 Å². The lowest BCUT2D eigenvalue weighted by molar-refractivity contribution is -0.176. The van der Waals surface area contributed by atoms with Crippen molar-refractivity contribution in [3.8, 4) is 0 Å². The fourth-order valence-electron chi connectivity index (χ4n) is 4.46. The average Bonchev–Trinajstić information content (AvgIpc) is 2.61. The summed E-state index contributed by atoms with van der Waals surface area (Å²) in [5.41, 5.74) is 1.18. The van der Waals surface area contributed by atoms with E-state index in [1.54, 1.807) is 41.2 Å². The number of aliphatic hydroxyl groups excluding tert-OH is 1. The van der Waals surface area contributed by atoms with E-state index in [0.29, 0.717) is 18.7 Å². The van der Waals surface area contributed by atoms with Crippen LogP contribution in [0.2, 0.25) is 0 Å². The van der Waals surface area contributed by atoms with Crippen molar-refractivity contribution in [3.05, 3.63) is 66.0 Å². The third kappa shape index (κ3) is 2.33. The van der Waals surface area contributed by atoms with Crippen molar-refractivity contribution >= 4 is 11.8 Å². The number of aliphatic hydroxyl groups is 1. The van der Waals surface area contributed by atoms with Crippen LogP contribution in [-0.4, -0.2) is 63.0 Å². The Labute approximate surface area is 152 Å². The molecule has 2 fully saturated rings. The molecule has 4 rings (SSSR count). The number of benzene rings is 1. The first-order chi connectivity index (χ1) is 12.6. The zero-order valence-corrected chi connectivity index (χ0v) is 14.6. The van der Waals surface area contributed by atoms with Crippen LogP contribution in [0.25, 0.3) is 0 Å². The molecule has 0 saturated carbocycles. The van der Waals surface area contributed by atoms with E-state index < -0.39 is 5.54 Å². The number of likely N-dealkylation sites (tertiary alicyclic amines) is 2. The number of pyridine rings is 1. The summed E-state index contributed by atoms with van der Waals surface area (Å²) in [5, 5.41) is 10.0. The van der Waals surface area contributed by atoms with Gasteiger partial charge in [0.25, 0.3) is 5.91 Å². The van der Waals surface area contributed by atoms with Crippen LogP contribution in [0.5, 0.6) is 0 Å². The lowest BCUT2D eigenvalue weighted by Gasteiger charge is -2.70. The van der Waals surface area contributed by atoms with E-state index in [1.165, 1.54) is 0 Å². The van der Waals surface area contributed by atoms with E-state index in [4.69, 9.17) is 0 Å². The molecule has 0 aliphatic carbocycles. The Kier molecular flexibility index (Phi) is 4.00. The quantitative estimate of drug-likeness (QED) is 0.904. The normalized spacial score (nSPS) is 23.3. The first-order valence-electron chi connectivity index (χ1n) is 8.73. The van der Waals surface area contributed by atoms with E-state index in [0.717, 1.165) is 5.56 Å². The second-order valence-electron chi connectivity index (χ2n) is 7.03. The monoisotopic (exact) mass is 351 g/mol. The molecule has 0 bridgehead atoms. The zero-order chi connectivity index (χ0) is 18.3. The Morgan fingerprint density at radius 3 is 2.38 bits per heavy atom. The van der Waals surface area contributed by atoms with Gasteiger partial charge in [-0.15, -0.1) is 0 Å². The summed E-state index contributed by atoms with van der Waals surface area (Å²) in [6, 6.07) is 13.0. The highest BCUT2D eigenvalue weighted by Gasteiger charge is 2.67. The maximum absolute atomic E-state index is 13.1. The van der Waals surface area contributed by atoms with Crippen molar-refractivity contribution < 1.29 is 14.7 Å². The van der Waals surface area contributed by atoms with Crippen LogP contribution in [0.15, 0.2) is 54.9 Å². The summed E-state index contributed by atoms with van der Waals surface area (Å²) >= 11 is 0. The Bertz CT molecular complexity index is 819. The standard InChI is InChI=1S/C20H21N3O3/c1-14(25)22-12-20(13-22)18(15-5-3-2-4-6-15)17(11-24)23(20)19(26)16-7-9-21-10-8-16/h2-10,17-18,24H,11-13H2,1H3/t17-,18-/m0/s1. The van der Waals surface area contributed by atoms with Crippen molar-refractivity contribution in [1.29, 1.82) is 0 Å². The zero-order valence-electron chi connectivity index (χ0n) is 14.6. The van der Waals surface area contributed by atoms with Gasteiger partial charge in [0, 0.05) is 43.9 Å². The lowest BCUT2D eigenvalue weighted by atomic mass is 9.60. The van der Waals surface area contributed by atoms with Crippen molar-refractivity contribution in [2.45, 2.75) is 24.4 Å². The first kappa shape index (κ1) is 16.7. The van der Waals surface area contributed by atoms with Crippen LogP contribution in [0, 0.1) is 0 Å². The number of hydrogen-bond acceptors (Lipinski definition) is 4. The maximum Gasteiger partial charge on any atom is 0.254 e. The number of amides is 2. The molecule has 2 saturated heterocycles. The second-order valence-corrected chi connectivity index (χ2v) is 7.03. The highest BCUT2D eigenvalue weighted by Crippen LogP contribution is 2.54. The summed E-state index contributed by atoms with van der Waals surface area (Å²) in [6.45, 7) is 2.42. The van der Waals surface area contributed by atoms with Gasteiger partial charge in [-0.2, -0.15) is 0 Å². The van der Waals surface area contributed by atoms with Gasteiger partial charge >= 0.3 is 0 Å². The van der Waals surface area contributed by atoms with Crippen LogP contribution in [0.1, 0.15) is 28.8 Å². The second kappa shape index (κ2) is 6.21. The molecule has 2 aliphatic rings. The minimum Gasteiger partial charge on any atom is -0.394 e. The third-order valence-electron chi connectivity index (χ3n) is 5.64. The Morgan fingerprint density at radius 2 is 1.81 bits per heavy atom. The molecule has 2 aromatic rings. The molecule has 2 atom stereocenters. The van der Waals surface area contributed by atoms with Crippen LogP contribution in [0.3, 0.4) is 0 Å². The highest BCUT2D eigenvalue weighted by atomic mass is 16.3. The smallest absolute Gasteiger partial charge is 0.254 e. The van der Waals surface area contributed by atoms with E-state index >= 15 is 0 Å². The highest BCUT2D eigenvalue weighted by molar-refractivity contribution is 5.96. The van der Waals surface area contributed by atoms with Gasteiger partial charge in [0.05, 0.1) is 18.2 Å². The predicted molar refractivity (Wildman–Crippen MR) is 95.4 cm³/mol. The Hall–Kier alpha value is -2.73. The van der Waals surface area contributed by atoms with E-state index in [9.17, 15) is 14.7 Å². The average molecular weight is 351 g/mol. The van der Waals surface area contributed by atoms with Crippen LogP contribution in [-0.2, 0) is 4.79 Å². The van der Waals surface area contributed by atoms with Gasteiger partial charge in [-0.05, 0) is 17.7 Å². The van der Waals surface area contributed by atoms with Crippen molar-refractivity contribution in [3.63, 3.8) is 0 Å². The summed E-state index contributed by atoms with van der Waals surface area (Å²) in [5.74, 6) is -0.108. The fourth-order valence-corrected chi connectivity index (χ4v) is 4.46. The number of aromatic nitrogens is 1. The SMILES string of the molecule is CC(=O)N1CC2(C1)[C@@H](c1ccccc1)[C@H](CO)N2C(=O)c1ccncc1. The molecular weight excluding hydrogens is 330 g/mol. The van der Waals surface area contributed by atoms with Crippen LogP contribution < -0.4 is 0 Å². The number of carbonyl (C=O) groups is 2. The molecule has 6 nitrogen and oxygen atoms in total. The number of nitrogens with zero attached hydrogens (tertiary/aromatic N) is 3.